The van der Waals surface area contributed by atoms with Gasteiger partial charge in [0.2, 0.25) is 5.75 Å². The molecule has 0 spiro atoms. The van der Waals surface area contributed by atoms with Gasteiger partial charge in [0.15, 0.2) is 11.5 Å². The van der Waals surface area contributed by atoms with Crippen molar-refractivity contribution in [3.8, 4) is 17.2 Å². The number of hydrogen-bond acceptors (Lipinski definition) is 6. The number of nitrogens with two attached hydrogens (primary N) is 1. The first-order valence-electron chi connectivity index (χ1n) is 6.99. The zero-order valence-corrected chi connectivity index (χ0v) is 12.3. The van der Waals surface area contributed by atoms with Gasteiger partial charge in [0.1, 0.15) is 19.8 Å². The van der Waals surface area contributed by atoms with E-state index in [1.54, 1.807) is 0 Å². The van der Waals surface area contributed by atoms with E-state index < -0.39 is 10.5 Å². The molecule has 1 aliphatic rings. The molecule has 0 aliphatic carbocycles. The maximum absolute atomic E-state index is 11.2. The highest BCUT2D eigenvalue weighted by atomic mass is 16.6. The van der Waals surface area contributed by atoms with Crippen LogP contribution < -0.4 is 19.9 Å². The Kier molecular flexibility index (Phi) is 4.52. The molecule has 7 nitrogen and oxygen atoms in total. The Morgan fingerprint density at radius 3 is 2.38 bits per heavy atom. The van der Waals surface area contributed by atoms with Gasteiger partial charge < -0.3 is 19.9 Å². The average Bonchev–Trinajstić information content (AvgIpc) is 2.51. The third kappa shape index (κ3) is 3.36. The number of fused-ring (bicyclic) bond motifs is 1. The fraction of sp³-hybridized carbons (Fsp3) is 0.571. The largest absolute Gasteiger partial charge is 0.486 e. The number of ether oxygens (including phenoxy) is 3. The molecule has 116 valence electrons. The second kappa shape index (κ2) is 6.17. The topological polar surface area (TPSA) is 96.9 Å². The van der Waals surface area contributed by atoms with Crippen LogP contribution in [-0.4, -0.2) is 30.3 Å². The smallest absolute Gasteiger partial charge is 0.314 e. The molecule has 1 aliphatic heterocycles. The first kappa shape index (κ1) is 15.4. The molecule has 7 heteroatoms. The lowest BCUT2D eigenvalue weighted by Crippen LogP contribution is -2.44. The number of nitrogens with zero attached hydrogens (tertiary/aromatic N) is 1. The summed E-state index contributed by atoms with van der Waals surface area (Å²) < 4.78 is 16.4. The van der Waals surface area contributed by atoms with Crippen molar-refractivity contribution in [2.45, 2.75) is 32.2 Å². The van der Waals surface area contributed by atoms with Crippen LogP contribution in [0.3, 0.4) is 0 Å². The summed E-state index contributed by atoms with van der Waals surface area (Å²) in [7, 11) is 0. The number of benzene rings is 1. The fourth-order valence-electron chi connectivity index (χ4n) is 1.99. The third-order valence-electron chi connectivity index (χ3n) is 3.74. The van der Waals surface area contributed by atoms with E-state index in [1.807, 2.05) is 13.8 Å². The van der Waals surface area contributed by atoms with E-state index in [9.17, 15) is 10.1 Å². The van der Waals surface area contributed by atoms with Crippen LogP contribution in [0.15, 0.2) is 12.1 Å². The number of nitro benzene ring substituents is 1. The molecule has 1 aromatic carbocycles. The molecule has 0 fully saturated rings. The molecule has 0 radical (unpaired) electrons. The van der Waals surface area contributed by atoms with Gasteiger partial charge in [-0.1, -0.05) is 13.8 Å². The highest BCUT2D eigenvalue weighted by molar-refractivity contribution is 5.58. The van der Waals surface area contributed by atoms with Crippen LogP contribution in [0.2, 0.25) is 0 Å². The first-order valence-corrected chi connectivity index (χ1v) is 6.99. The number of hydrogen-bond donors (Lipinski definition) is 1. The lowest BCUT2D eigenvalue weighted by molar-refractivity contribution is -0.386. The zero-order valence-electron chi connectivity index (χ0n) is 12.3. The molecule has 0 saturated carbocycles. The van der Waals surface area contributed by atoms with E-state index in [-0.39, 0.29) is 18.0 Å². The van der Waals surface area contributed by atoms with Crippen LogP contribution in [0.5, 0.6) is 17.2 Å². The Morgan fingerprint density at radius 2 is 1.86 bits per heavy atom. The van der Waals surface area contributed by atoms with Crippen molar-refractivity contribution in [1.82, 2.24) is 0 Å². The van der Waals surface area contributed by atoms with Crippen LogP contribution in [0, 0.1) is 10.1 Å². The average molecular weight is 296 g/mol. The van der Waals surface area contributed by atoms with E-state index in [0.29, 0.717) is 24.7 Å². The van der Waals surface area contributed by atoms with Gasteiger partial charge in [-0.15, -0.1) is 0 Å². The second-order valence-electron chi connectivity index (χ2n) is 5.08. The molecule has 0 bridgehead atoms. The van der Waals surface area contributed by atoms with Crippen molar-refractivity contribution in [2.24, 2.45) is 5.73 Å². The summed E-state index contributed by atoms with van der Waals surface area (Å²) in [5, 5.41) is 11.2. The van der Waals surface area contributed by atoms with Gasteiger partial charge in [-0.25, -0.2) is 0 Å². The Labute approximate surface area is 123 Å². The summed E-state index contributed by atoms with van der Waals surface area (Å²) in [4.78, 5) is 10.7. The van der Waals surface area contributed by atoms with Gasteiger partial charge in [-0.3, -0.25) is 10.1 Å². The highest BCUT2D eigenvalue weighted by Gasteiger charge is 2.27. The molecule has 0 aromatic heterocycles. The van der Waals surface area contributed by atoms with Gasteiger partial charge in [-0.05, 0) is 12.8 Å². The van der Waals surface area contributed by atoms with Crippen molar-refractivity contribution in [3.05, 3.63) is 22.2 Å². The Morgan fingerprint density at radius 1 is 1.29 bits per heavy atom. The SMILES string of the molecule is CCC(N)(CC)COc1cc2c(cc1[N+](=O)[O-])OCCO2. The molecular formula is C14H20N2O5. The molecule has 2 rings (SSSR count). The van der Waals surface area contributed by atoms with Gasteiger partial charge in [0.25, 0.3) is 0 Å². The number of rotatable bonds is 6. The van der Waals surface area contributed by atoms with E-state index in [1.165, 1.54) is 12.1 Å². The summed E-state index contributed by atoms with van der Waals surface area (Å²) in [6.45, 7) is 4.92. The minimum Gasteiger partial charge on any atom is -0.486 e. The highest BCUT2D eigenvalue weighted by Crippen LogP contribution is 2.41. The third-order valence-corrected chi connectivity index (χ3v) is 3.74. The molecule has 1 aromatic rings. The predicted molar refractivity (Wildman–Crippen MR) is 77.1 cm³/mol. The Bertz CT molecular complexity index is 528. The van der Waals surface area contributed by atoms with Crippen molar-refractivity contribution < 1.29 is 19.1 Å². The molecule has 1 heterocycles. The normalized spacial score (nSPS) is 13.9. The van der Waals surface area contributed by atoms with Gasteiger partial charge in [-0.2, -0.15) is 0 Å². The van der Waals surface area contributed by atoms with Gasteiger partial charge in [0.05, 0.1) is 11.0 Å². The minimum absolute atomic E-state index is 0.145. The van der Waals surface area contributed by atoms with E-state index >= 15 is 0 Å². The standard InChI is InChI=1S/C14H20N2O5/c1-3-14(15,4-2)9-21-11-8-13-12(19-5-6-20-13)7-10(11)16(17)18/h7-8H,3-6,9,15H2,1-2H3. The van der Waals surface area contributed by atoms with Crippen molar-refractivity contribution in [2.75, 3.05) is 19.8 Å². The monoisotopic (exact) mass is 296 g/mol. The van der Waals surface area contributed by atoms with Crippen molar-refractivity contribution >= 4 is 5.69 Å². The van der Waals surface area contributed by atoms with Crippen molar-refractivity contribution in [3.63, 3.8) is 0 Å². The molecule has 0 unspecified atom stereocenters. The number of nitro groups is 1. The van der Waals surface area contributed by atoms with Crippen LogP contribution >= 0.6 is 0 Å². The van der Waals surface area contributed by atoms with Crippen LogP contribution in [-0.2, 0) is 0 Å². The predicted octanol–water partition coefficient (Wildman–Crippen LogP) is 2.26. The van der Waals surface area contributed by atoms with E-state index in [4.69, 9.17) is 19.9 Å². The molecule has 0 atom stereocenters. The quantitative estimate of drug-likeness (QED) is 0.639. The Hall–Kier alpha value is -2.02. The van der Waals surface area contributed by atoms with E-state index in [0.717, 1.165) is 12.8 Å². The summed E-state index contributed by atoms with van der Waals surface area (Å²) in [6, 6.07) is 2.83. The van der Waals surface area contributed by atoms with Crippen molar-refractivity contribution in [1.29, 1.82) is 0 Å². The lowest BCUT2D eigenvalue weighted by Gasteiger charge is -2.26. The zero-order chi connectivity index (χ0) is 15.5. The van der Waals surface area contributed by atoms with Gasteiger partial charge in [0, 0.05) is 11.6 Å². The molecule has 21 heavy (non-hydrogen) atoms. The van der Waals surface area contributed by atoms with Crippen LogP contribution in [0.4, 0.5) is 5.69 Å². The molecule has 2 N–H and O–H groups in total. The van der Waals surface area contributed by atoms with Crippen LogP contribution in [0.1, 0.15) is 26.7 Å². The van der Waals surface area contributed by atoms with Crippen LogP contribution in [0.25, 0.3) is 0 Å². The summed E-state index contributed by atoms with van der Waals surface area (Å²) >= 11 is 0. The van der Waals surface area contributed by atoms with E-state index in [2.05, 4.69) is 0 Å². The first-order chi connectivity index (χ1) is 9.99. The Balaban J connectivity index is 2.27. The maximum atomic E-state index is 11.2. The summed E-state index contributed by atoms with van der Waals surface area (Å²) in [5.41, 5.74) is 5.51. The molecular weight excluding hydrogens is 276 g/mol. The lowest BCUT2D eigenvalue weighted by atomic mass is 9.96. The minimum atomic E-state index is -0.499. The summed E-state index contributed by atoms with van der Waals surface area (Å²) in [6.07, 6.45) is 1.45. The van der Waals surface area contributed by atoms with Gasteiger partial charge >= 0.3 is 5.69 Å². The molecule has 0 saturated heterocycles. The molecule has 0 amide bonds. The maximum Gasteiger partial charge on any atom is 0.314 e. The second-order valence-corrected chi connectivity index (χ2v) is 5.08. The fourth-order valence-corrected chi connectivity index (χ4v) is 1.99. The summed E-state index contributed by atoms with van der Waals surface area (Å²) in [5.74, 6) is 0.976.